The first kappa shape index (κ1) is 27.3. The molecular weight excluding hydrogens is 394 g/mol. The molecule has 3 nitrogen and oxygen atoms in total. The summed E-state index contributed by atoms with van der Waals surface area (Å²) in [6.07, 6.45) is 10.2. The molecule has 1 aromatic heterocycles. The van der Waals surface area contributed by atoms with Crippen molar-refractivity contribution in [3.8, 4) is 11.5 Å². The number of rotatable bonds is 6. The Hall–Kier alpha value is -2.77. The van der Waals surface area contributed by atoms with Gasteiger partial charge in [-0.15, -0.1) is 5.73 Å². The molecule has 3 heteroatoms. The van der Waals surface area contributed by atoms with E-state index in [1.54, 1.807) is 0 Å². The molecule has 0 saturated carbocycles. The first-order valence-electron chi connectivity index (χ1n) is 11.8. The molecule has 1 aliphatic carbocycles. The number of pyridine rings is 1. The second-order valence-electron chi connectivity index (χ2n) is 8.61. The molecule has 2 aromatic rings. The van der Waals surface area contributed by atoms with E-state index in [0.29, 0.717) is 11.5 Å². The van der Waals surface area contributed by atoms with Gasteiger partial charge in [0.15, 0.2) is 5.75 Å². The van der Waals surface area contributed by atoms with Crippen LogP contribution < -0.4 is 10.3 Å². The lowest BCUT2D eigenvalue weighted by molar-refractivity contribution is 0.465. The fourth-order valence-electron chi connectivity index (χ4n) is 3.34. The zero-order valence-corrected chi connectivity index (χ0v) is 21.1. The molecule has 0 aliphatic heterocycles. The van der Waals surface area contributed by atoms with E-state index in [9.17, 15) is 4.79 Å². The molecular formula is C29H43NO2. The zero-order chi connectivity index (χ0) is 24.1. The molecule has 0 unspecified atom stereocenters. The van der Waals surface area contributed by atoms with Gasteiger partial charge in [-0.25, -0.2) is 0 Å². The van der Waals surface area contributed by atoms with Gasteiger partial charge in [0, 0.05) is 12.5 Å². The van der Waals surface area contributed by atoms with E-state index in [1.165, 1.54) is 31.3 Å². The summed E-state index contributed by atoms with van der Waals surface area (Å²) in [7, 11) is 0. The van der Waals surface area contributed by atoms with Crippen molar-refractivity contribution >= 4 is 6.08 Å². The highest BCUT2D eigenvalue weighted by Crippen LogP contribution is 2.34. The standard InChI is InChI=1S/C18H19NO2.C9H16.C2H6.H2/c1-12-6-8-14(9-7-12)21-15-11-13-5-4-10-18(2,3)16(13)19-17(15)20;1-4-6-7-8-9(3)5-2;1-2;/h4-9,11H,10H2,1-3H3,(H,19,20);2,4,6-8H2,1,3H3;1-2H3;1H. The Labute approximate surface area is 196 Å². The highest BCUT2D eigenvalue weighted by molar-refractivity contribution is 5.58. The Morgan fingerprint density at radius 2 is 1.88 bits per heavy atom. The third-order valence-electron chi connectivity index (χ3n) is 5.35. The lowest BCUT2D eigenvalue weighted by Crippen LogP contribution is -2.26. The number of unbranched alkanes of at least 4 members (excludes halogenated alkanes) is 2. The fraction of sp³-hybridized carbons (Fsp3) is 0.448. The zero-order valence-electron chi connectivity index (χ0n) is 21.1. The predicted octanol–water partition coefficient (Wildman–Crippen LogP) is 8.74. The number of hydrogen-bond acceptors (Lipinski definition) is 2. The maximum Gasteiger partial charge on any atom is 0.291 e. The summed E-state index contributed by atoms with van der Waals surface area (Å²) in [5, 5.41) is 0. The summed E-state index contributed by atoms with van der Waals surface area (Å²) in [6, 6.07) is 9.49. The molecule has 3 rings (SSSR count). The van der Waals surface area contributed by atoms with E-state index in [2.05, 4.69) is 51.1 Å². The minimum atomic E-state index is -0.183. The average molecular weight is 438 g/mol. The van der Waals surface area contributed by atoms with E-state index in [-0.39, 0.29) is 12.4 Å². The van der Waals surface area contributed by atoms with Crippen LogP contribution in [0.2, 0.25) is 0 Å². The monoisotopic (exact) mass is 437 g/mol. The van der Waals surface area contributed by atoms with Gasteiger partial charge in [0.05, 0.1) is 0 Å². The van der Waals surface area contributed by atoms with Crippen molar-refractivity contribution in [3.63, 3.8) is 0 Å². The topological polar surface area (TPSA) is 42.1 Å². The van der Waals surface area contributed by atoms with Crippen molar-refractivity contribution in [1.29, 1.82) is 0 Å². The maximum absolute atomic E-state index is 12.2. The molecule has 0 bridgehead atoms. The van der Waals surface area contributed by atoms with Crippen LogP contribution in [0.25, 0.3) is 6.08 Å². The number of aromatic nitrogens is 1. The quantitative estimate of drug-likeness (QED) is 0.362. The van der Waals surface area contributed by atoms with Crippen LogP contribution in [0.3, 0.4) is 0 Å². The van der Waals surface area contributed by atoms with Crippen molar-refractivity contribution < 1.29 is 6.16 Å². The van der Waals surface area contributed by atoms with Gasteiger partial charge in [-0.1, -0.05) is 83.9 Å². The van der Waals surface area contributed by atoms with Crippen LogP contribution in [0.15, 0.2) is 59.1 Å². The molecule has 1 aromatic carbocycles. The predicted molar refractivity (Wildman–Crippen MR) is 141 cm³/mol. The van der Waals surface area contributed by atoms with Crippen LogP contribution in [0.5, 0.6) is 11.5 Å². The molecule has 1 aliphatic rings. The van der Waals surface area contributed by atoms with Gasteiger partial charge in [0.1, 0.15) is 5.75 Å². The minimum Gasteiger partial charge on any atom is -0.452 e. The largest absolute Gasteiger partial charge is 0.452 e. The smallest absolute Gasteiger partial charge is 0.291 e. The second kappa shape index (κ2) is 13.6. The summed E-state index contributed by atoms with van der Waals surface area (Å²) in [4.78, 5) is 15.2. The number of nitrogens with one attached hydrogen (secondary N) is 1. The van der Waals surface area contributed by atoms with E-state index >= 15 is 0 Å². The van der Waals surface area contributed by atoms with E-state index < -0.39 is 0 Å². The lowest BCUT2D eigenvalue weighted by Gasteiger charge is -2.28. The SMILES string of the molecule is C=C=C(C)CCCCC.CC.Cc1ccc(Oc2cc3c([nH]c2=O)C(C)(C)CC=C3)cc1.[HH]. The van der Waals surface area contributed by atoms with Crippen LogP contribution in [0.4, 0.5) is 0 Å². The van der Waals surface area contributed by atoms with Crippen molar-refractivity contribution in [1.82, 2.24) is 4.98 Å². The molecule has 0 atom stereocenters. The minimum absolute atomic E-state index is 0. The van der Waals surface area contributed by atoms with Gasteiger partial charge in [-0.3, -0.25) is 4.79 Å². The Kier molecular flexibility index (Phi) is 11.6. The highest BCUT2D eigenvalue weighted by Gasteiger charge is 2.26. The number of hydrogen-bond donors (Lipinski definition) is 1. The Morgan fingerprint density at radius 3 is 2.47 bits per heavy atom. The summed E-state index contributed by atoms with van der Waals surface area (Å²) >= 11 is 0. The Balaban J connectivity index is 0.000000730. The van der Waals surface area contributed by atoms with Gasteiger partial charge in [0.2, 0.25) is 0 Å². The van der Waals surface area contributed by atoms with Crippen LogP contribution >= 0.6 is 0 Å². The molecule has 0 saturated heterocycles. The first-order chi connectivity index (χ1) is 15.3. The Bertz CT molecular complexity index is 978. The van der Waals surface area contributed by atoms with Crippen molar-refractivity contribution in [3.05, 3.63) is 81.5 Å². The van der Waals surface area contributed by atoms with Gasteiger partial charge in [-0.2, -0.15) is 0 Å². The number of fused-ring (bicyclic) bond motifs is 1. The maximum atomic E-state index is 12.2. The molecule has 0 spiro atoms. The van der Waals surface area contributed by atoms with E-state index in [1.807, 2.05) is 57.2 Å². The lowest BCUT2D eigenvalue weighted by atomic mass is 9.79. The number of ether oxygens (including phenoxy) is 1. The number of aryl methyl sites for hydroxylation is 1. The van der Waals surface area contributed by atoms with Crippen molar-refractivity contribution in [2.45, 2.75) is 86.0 Å². The highest BCUT2D eigenvalue weighted by atomic mass is 16.5. The third-order valence-corrected chi connectivity index (χ3v) is 5.35. The molecule has 32 heavy (non-hydrogen) atoms. The van der Waals surface area contributed by atoms with Crippen molar-refractivity contribution in [2.75, 3.05) is 0 Å². The van der Waals surface area contributed by atoms with Crippen LogP contribution in [0.1, 0.15) is 91.9 Å². The molecule has 0 radical (unpaired) electrons. The number of aromatic amines is 1. The normalized spacial score (nSPS) is 12.8. The fourth-order valence-corrected chi connectivity index (χ4v) is 3.34. The third kappa shape index (κ3) is 8.40. The van der Waals surface area contributed by atoms with Crippen LogP contribution in [0, 0.1) is 6.92 Å². The summed E-state index contributed by atoms with van der Waals surface area (Å²) in [5.41, 5.74) is 7.11. The molecule has 0 amide bonds. The summed E-state index contributed by atoms with van der Waals surface area (Å²) in [6.45, 7) is 18.2. The number of benzene rings is 1. The first-order valence-corrected chi connectivity index (χ1v) is 11.8. The average Bonchev–Trinajstić information content (AvgIpc) is 2.78. The summed E-state index contributed by atoms with van der Waals surface area (Å²) in [5.74, 6) is 1.00. The number of H-pyrrole nitrogens is 1. The second-order valence-corrected chi connectivity index (χ2v) is 8.61. The van der Waals surface area contributed by atoms with Gasteiger partial charge in [0.25, 0.3) is 5.56 Å². The van der Waals surface area contributed by atoms with Gasteiger partial charge in [-0.05, 0) is 62.4 Å². The van der Waals surface area contributed by atoms with E-state index in [0.717, 1.165) is 23.2 Å². The number of allylic oxidation sites excluding steroid dienone is 2. The molecule has 1 N–H and O–H groups in total. The molecule has 176 valence electrons. The van der Waals surface area contributed by atoms with Gasteiger partial charge < -0.3 is 9.72 Å². The molecule has 1 heterocycles. The Morgan fingerprint density at radius 1 is 1.22 bits per heavy atom. The van der Waals surface area contributed by atoms with E-state index in [4.69, 9.17) is 4.74 Å². The van der Waals surface area contributed by atoms with Crippen molar-refractivity contribution in [2.24, 2.45) is 0 Å². The van der Waals surface area contributed by atoms with Crippen LogP contribution in [-0.2, 0) is 5.41 Å². The summed E-state index contributed by atoms with van der Waals surface area (Å²) < 4.78 is 5.72. The van der Waals surface area contributed by atoms with Crippen LogP contribution in [-0.4, -0.2) is 4.98 Å². The molecule has 0 fully saturated rings. The van der Waals surface area contributed by atoms with Gasteiger partial charge >= 0.3 is 0 Å².